The molecule has 0 saturated heterocycles. The van der Waals surface area contributed by atoms with Crippen molar-refractivity contribution in [2.75, 3.05) is 0 Å². The van der Waals surface area contributed by atoms with Crippen molar-refractivity contribution < 1.29 is 14.7 Å². The van der Waals surface area contributed by atoms with Gasteiger partial charge in [0.2, 0.25) is 0 Å². The van der Waals surface area contributed by atoms with E-state index in [-0.39, 0.29) is 24.5 Å². The second-order valence-electron chi connectivity index (χ2n) is 6.81. The number of carboxylic acid groups (broad SMARTS) is 1. The number of nitrogens with one attached hydrogen (secondary N) is 2. The Hall–Kier alpha value is -2.82. The lowest BCUT2D eigenvalue weighted by Gasteiger charge is -2.20. The summed E-state index contributed by atoms with van der Waals surface area (Å²) in [4.78, 5) is 23.3. The lowest BCUT2D eigenvalue weighted by molar-refractivity contribution is -0.137. The van der Waals surface area contributed by atoms with Gasteiger partial charge in [-0.3, -0.25) is 4.79 Å². The molecule has 1 unspecified atom stereocenters. The van der Waals surface area contributed by atoms with Gasteiger partial charge in [-0.15, -0.1) is 0 Å². The molecule has 2 amide bonds. The molecule has 0 radical (unpaired) electrons. The fourth-order valence-corrected chi connectivity index (χ4v) is 3.49. The van der Waals surface area contributed by atoms with E-state index in [1.54, 1.807) is 0 Å². The number of hydrogen-bond acceptors (Lipinski definition) is 2. The van der Waals surface area contributed by atoms with Gasteiger partial charge in [-0.2, -0.15) is 0 Å². The Morgan fingerprint density at radius 2 is 1.62 bits per heavy atom. The zero-order valence-corrected chi connectivity index (χ0v) is 14.7. The average molecular weight is 352 g/mol. The van der Waals surface area contributed by atoms with Crippen molar-refractivity contribution in [3.05, 3.63) is 71.3 Å². The Morgan fingerprint density at radius 1 is 1.00 bits per heavy atom. The van der Waals surface area contributed by atoms with Crippen molar-refractivity contribution in [2.24, 2.45) is 0 Å². The molecule has 0 fully saturated rings. The average Bonchev–Trinajstić information content (AvgIpc) is 3.02. The molecule has 26 heavy (non-hydrogen) atoms. The standard InChI is InChI=1S/C21H24N2O3/c24-20(25)11-10-18(12-15-6-2-1-3-7-15)22-21(26)23-19-13-16-8-4-5-9-17(16)14-19/h1-9,18-19H,10-14H2,(H,24,25)(H2,22,23,26). The molecule has 0 saturated carbocycles. The highest BCUT2D eigenvalue weighted by Crippen LogP contribution is 2.21. The molecule has 2 aromatic rings. The first kappa shape index (κ1) is 18.0. The van der Waals surface area contributed by atoms with Gasteiger partial charge in [0, 0.05) is 18.5 Å². The Labute approximate surface area is 153 Å². The summed E-state index contributed by atoms with van der Waals surface area (Å²) in [6.07, 6.45) is 2.73. The summed E-state index contributed by atoms with van der Waals surface area (Å²) in [5.41, 5.74) is 3.64. The molecule has 3 N–H and O–H groups in total. The molecule has 5 nitrogen and oxygen atoms in total. The van der Waals surface area contributed by atoms with Crippen molar-refractivity contribution in [2.45, 2.75) is 44.2 Å². The van der Waals surface area contributed by atoms with Crippen LogP contribution in [-0.4, -0.2) is 29.2 Å². The molecule has 2 aromatic carbocycles. The number of hydrogen-bond donors (Lipinski definition) is 3. The molecule has 0 heterocycles. The van der Waals surface area contributed by atoms with Gasteiger partial charge in [0.15, 0.2) is 0 Å². The fourth-order valence-electron chi connectivity index (χ4n) is 3.49. The SMILES string of the molecule is O=C(O)CCC(Cc1ccccc1)NC(=O)NC1Cc2ccccc2C1. The van der Waals surface area contributed by atoms with Crippen molar-refractivity contribution >= 4 is 12.0 Å². The van der Waals surface area contributed by atoms with Crippen molar-refractivity contribution in [1.82, 2.24) is 10.6 Å². The van der Waals surface area contributed by atoms with E-state index in [1.165, 1.54) is 11.1 Å². The summed E-state index contributed by atoms with van der Waals surface area (Å²) in [6.45, 7) is 0. The quantitative estimate of drug-likeness (QED) is 0.717. The lowest BCUT2D eigenvalue weighted by atomic mass is 10.0. The lowest BCUT2D eigenvalue weighted by Crippen LogP contribution is -2.47. The summed E-state index contributed by atoms with van der Waals surface area (Å²) >= 11 is 0. The third-order valence-electron chi connectivity index (χ3n) is 4.75. The molecule has 0 aromatic heterocycles. The van der Waals surface area contributed by atoms with E-state index < -0.39 is 5.97 Å². The van der Waals surface area contributed by atoms with Crippen LogP contribution < -0.4 is 10.6 Å². The van der Waals surface area contributed by atoms with Gasteiger partial charge in [-0.1, -0.05) is 54.6 Å². The maximum Gasteiger partial charge on any atom is 0.315 e. The van der Waals surface area contributed by atoms with Crippen LogP contribution in [0.4, 0.5) is 4.79 Å². The molecule has 5 heteroatoms. The highest BCUT2D eigenvalue weighted by molar-refractivity contribution is 5.75. The van der Waals surface area contributed by atoms with Crippen molar-refractivity contribution in [3.63, 3.8) is 0 Å². The summed E-state index contributed by atoms with van der Waals surface area (Å²) in [5.74, 6) is -0.850. The second kappa shape index (κ2) is 8.52. The largest absolute Gasteiger partial charge is 0.481 e. The minimum Gasteiger partial charge on any atom is -0.481 e. The van der Waals surface area contributed by atoms with Crippen LogP contribution in [0, 0.1) is 0 Å². The number of amides is 2. The molecule has 1 aliphatic rings. The minimum atomic E-state index is -0.850. The summed E-state index contributed by atoms with van der Waals surface area (Å²) in [7, 11) is 0. The number of carbonyl (C=O) groups excluding carboxylic acids is 1. The van der Waals surface area contributed by atoms with Crippen molar-refractivity contribution in [1.29, 1.82) is 0 Å². The molecule has 0 bridgehead atoms. The van der Waals surface area contributed by atoms with E-state index in [0.717, 1.165) is 18.4 Å². The zero-order valence-electron chi connectivity index (χ0n) is 14.7. The zero-order chi connectivity index (χ0) is 18.4. The first-order valence-electron chi connectivity index (χ1n) is 8.99. The topological polar surface area (TPSA) is 78.4 Å². The molecule has 1 atom stereocenters. The maximum absolute atomic E-state index is 12.4. The van der Waals surface area contributed by atoms with Crippen LogP contribution in [0.5, 0.6) is 0 Å². The number of aliphatic carboxylic acids is 1. The van der Waals surface area contributed by atoms with Gasteiger partial charge >= 0.3 is 12.0 Å². The van der Waals surface area contributed by atoms with Gasteiger partial charge in [0.1, 0.15) is 0 Å². The van der Waals surface area contributed by atoms with E-state index in [9.17, 15) is 9.59 Å². The van der Waals surface area contributed by atoms with Gasteiger partial charge < -0.3 is 15.7 Å². The van der Waals surface area contributed by atoms with E-state index in [1.807, 2.05) is 42.5 Å². The molecule has 136 valence electrons. The Bertz CT molecular complexity index is 736. The van der Waals surface area contributed by atoms with E-state index in [2.05, 4.69) is 22.8 Å². The van der Waals surface area contributed by atoms with E-state index >= 15 is 0 Å². The fraction of sp³-hybridized carbons (Fsp3) is 0.333. The molecular weight excluding hydrogens is 328 g/mol. The molecule has 0 aliphatic heterocycles. The highest BCUT2D eigenvalue weighted by Gasteiger charge is 2.23. The van der Waals surface area contributed by atoms with Gasteiger partial charge in [-0.05, 0) is 42.4 Å². The molecular formula is C21H24N2O3. The first-order valence-corrected chi connectivity index (χ1v) is 8.99. The third kappa shape index (κ3) is 5.09. The summed E-state index contributed by atoms with van der Waals surface area (Å²) < 4.78 is 0. The first-order chi connectivity index (χ1) is 12.6. The number of carboxylic acids is 1. The number of urea groups is 1. The predicted octanol–water partition coefficient (Wildman–Crippen LogP) is 2.93. The Balaban J connectivity index is 1.55. The summed E-state index contributed by atoms with van der Waals surface area (Å²) in [5, 5.41) is 15.0. The second-order valence-corrected chi connectivity index (χ2v) is 6.81. The van der Waals surface area contributed by atoms with Crippen LogP contribution in [-0.2, 0) is 24.1 Å². The van der Waals surface area contributed by atoms with Crippen LogP contribution in [0.2, 0.25) is 0 Å². The van der Waals surface area contributed by atoms with E-state index in [0.29, 0.717) is 12.8 Å². The number of rotatable bonds is 7. The van der Waals surface area contributed by atoms with Gasteiger partial charge in [0.25, 0.3) is 0 Å². The van der Waals surface area contributed by atoms with E-state index in [4.69, 9.17) is 5.11 Å². The van der Waals surface area contributed by atoms with Gasteiger partial charge in [-0.25, -0.2) is 4.79 Å². The minimum absolute atomic E-state index is 0.0344. The monoisotopic (exact) mass is 352 g/mol. The van der Waals surface area contributed by atoms with Crippen LogP contribution in [0.25, 0.3) is 0 Å². The molecule has 3 rings (SSSR count). The van der Waals surface area contributed by atoms with Crippen LogP contribution >= 0.6 is 0 Å². The van der Waals surface area contributed by atoms with Crippen LogP contribution in [0.1, 0.15) is 29.5 Å². The van der Waals surface area contributed by atoms with Crippen molar-refractivity contribution in [3.8, 4) is 0 Å². The Morgan fingerprint density at radius 3 is 2.23 bits per heavy atom. The highest BCUT2D eigenvalue weighted by atomic mass is 16.4. The number of benzene rings is 2. The van der Waals surface area contributed by atoms with Crippen LogP contribution in [0.15, 0.2) is 54.6 Å². The Kier molecular flexibility index (Phi) is 5.89. The molecule has 1 aliphatic carbocycles. The van der Waals surface area contributed by atoms with Gasteiger partial charge in [0.05, 0.1) is 0 Å². The maximum atomic E-state index is 12.4. The number of fused-ring (bicyclic) bond motifs is 1. The predicted molar refractivity (Wildman–Crippen MR) is 100 cm³/mol. The van der Waals surface area contributed by atoms with Crippen LogP contribution in [0.3, 0.4) is 0 Å². The third-order valence-corrected chi connectivity index (χ3v) is 4.75. The number of carbonyl (C=O) groups is 2. The normalized spacial score (nSPS) is 14.5. The summed E-state index contributed by atoms with van der Waals surface area (Å²) in [6, 6.07) is 17.7. The molecule has 0 spiro atoms. The smallest absolute Gasteiger partial charge is 0.315 e.